The summed E-state index contributed by atoms with van der Waals surface area (Å²) in [5.41, 5.74) is -6.89. The van der Waals surface area contributed by atoms with Gasteiger partial charge in [0.25, 0.3) is 0 Å². The molecule has 3 N–H and O–H groups in total. The molecule has 0 aliphatic carbocycles. The van der Waals surface area contributed by atoms with Gasteiger partial charge in [0, 0.05) is 24.0 Å². The van der Waals surface area contributed by atoms with Crippen molar-refractivity contribution in [3.8, 4) is 10.4 Å². The number of hydrogen-bond acceptors (Lipinski definition) is 5. The van der Waals surface area contributed by atoms with Crippen molar-refractivity contribution in [2.75, 3.05) is 10.6 Å². The number of carbonyl (C=O) groups excluding carboxylic acids is 1. The van der Waals surface area contributed by atoms with Crippen LogP contribution in [0.1, 0.15) is 18.9 Å². The molecule has 0 saturated carbocycles. The van der Waals surface area contributed by atoms with Crippen molar-refractivity contribution in [3.05, 3.63) is 65.1 Å². The number of halogens is 6. The SMILES string of the molecule is CC(C)(NS(=O)(=O)C(F)(F)F)c1ncc(-c2ccc(NC(=O)Nc3cc(F)c(F)cc3F)cc2)s1. The van der Waals surface area contributed by atoms with Gasteiger partial charge in [-0.15, -0.1) is 11.3 Å². The molecule has 0 aliphatic heterocycles. The molecule has 2 aromatic carbocycles. The maximum atomic E-state index is 13.7. The topological polar surface area (TPSA) is 100 Å². The standard InChI is InChI=1S/C20H16F6N4O3S2/c1-19(2,30-35(32,33)20(24,25)26)17-27-9-16(34-17)10-3-5-11(6-4-10)28-18(31)29-15-8-13(22)12(21)7-14(15)23/h3-9,30H,1-2H3,(H2,28,29,31). The quantitative estimate of drug-likeness (QED) is 0.283. The number of rotatable bonds is 6. The van der Waals surface area contributed by atoms with Gasteiger partial charge in [0.1, 0.15) is 10.8 Å². The third-order valence-electron chi connectivity index (χ3n) is 4.42. The Bertz CT molecular complexity index is 1360. The molecule has 0 bridgehead atoms. The smallest absolute Gasteiger partial charge is 0.308 e. The summed E-state index contributed by atoms with van der Waals surface area (Å²) in [5.74, 6) is -3.92. The van der Waals surface area contributed by atoms with Crippen LogP contribution in [0.15, 0.2) is 42.6 Å². The lowest BCUT2D eigenvalue weighted by atomic mass is 10.1. The van der Waals surface area contributed by atoms with E-state index in [-0.39, 0.29) is 10.7 Å². The zero-order chi connectivity index (χ0) is 26.2. The van der Waals surface area contributed by atoms with Crippen LogP contribution in [0.4, 0.5) is 42.5 Å². The number of nitrogens with one attached hydrogen (secondary N) is 3. The minimum atomic E-state index is -5.60. The first-order valence-electron chi connectivity index (χ1n) is 9.48. The van der Waals surface area contributed by atoms with Gasteiger partial charge in [0.05, 0.1) is 16.1 Å². The molecule has 0 fully saturated rings. The third kappa shape index (κ3) is 6.10. The number of benzene rings is 2. The fourth-order valence-corrected chi connectivity index (χ4v) is 4.68. The Balaban J connectivity index is 1.70. The monoisotopic (exact) mass is 538 g/mol. The third-order valence-corrected chi connectivity index (χ3v) is 7.18. The molecule has 35 heavy (non-hydrogen) atoms. The summed E-state index contributed by atoms with van der Waals surface area (Å²) < 4.78 is 102. The number of hydrogen-bond donors (Lipinski definition) is 3. The average Bonchev–Trinajstić information content (AvgIpc) is 3.22. The molecule has 3 rings (SSSR count). The zero-order valence-corrected chi connectivity index (χ0v) is 19.4. The highest BCUT2D eigenvalue weighted by Crippen LogP contribution is 2.34. The Morgan fingerprint density at radius 1 is 0.943 bits per heavy atom. The molecule has 1 aromatic heterocycles. The van der Waals surface area contributed by atoms with Gasteiger partial charge < -0.3 is 10.6 Å². The maximum absolute atomic E-state index is 13.7. The average molecular weight is 538 g/mol. The lowest BCUT2D eigenvalue weighted by Gasteiger charge is -2.24. The molecule has 0 atom stereocenters. The van der Waals surface area contributed by atoms with E-state index in [1.165, 1.54) is 44.3 Å². The highest BCUT2D eigenvalue weighted by molar-refractivity contribution is 7.90. The first kappa shape index (κ1) is 26.4. The van der Waals surface area contributed by atoms with Crippen molar-refractivity contribution in [3.63, 3.8) is 0 Å². The van der Waals surface area contributed by atoms with Gasteiger partial charge in [-0.2, -0.15) is 17.9 Å². The second-order valence-corrected chi connectivity index (χ2v) is 10.3. The number of alkyl halides is 3. The van der Waals surface area contributed by atoms with Crippen LogP contribution in [0.2, 0.25) is 0 Å². The number of amides is 2. The Morgan fingerprint density at radius 2 is 1.54 bits per heavy atom. The van der Waals surface area contributed by atoms with Crippen LogP contribution in [0.25, 0.3) is 10.4 Å². The van der Waals surface area contributed by atoms with Crippen molar-refractivity contribution in [2.24, 2.45) is 0 Å². The van der Waals surface area contributed by atoms with E-state index in [1.807, 2.05) is 5.32 Å². The van der Waals surface area contributed by atoms with E-state index in [1.54, 1.807) is 4.72 Å². The van der Waals surface area contributed by atoms with E-state index < -0.39 is 50.2 Å². The van der Waals surface area contributed by atoms with Crippen LogP contribution in [0.3, 0.4) is 0 Å². The van der Waals surface area contributed by atoms with Crippen molar-refractivity contribution < 1.29 is 39.6 Å². The van der Waals surface area contributed by atoms with Gasteiger partial charge >= 0.3 is 21.6 Å². The molecule has 188 valence electrons. The summed E-state index contributed by atoms with van der Waals surface area (Å²) in [5, 5.41) is 4.50. The van der Waals surface area contributed by atoms with Gasteiger partial charge in [-0.25, -0.2) is 31.4 Å². The molecule has 1 heterocycles. The van der Waals surface area contributed by atoms with Crippen LogP contribution in [-0.4, -0.2) is 24.9 Å². The number of nitrogens with zero attached hydrogens (tertiary/aromatic N) is 1. The number of thiazole rings is 1. The van der Waals surface area contributed by atoms with Crippen LogP contribution in [0, 0.1) is 17.5 Å². The number of carbonyl (C=O) groups is 1. The Morgan fingerprint density at radius 3 is 2.14 bits per heavy atom. The van der Waals surface area contributed by atoms with Crippen LogP contribution in [-0.2, 0) is 15.6 Å². The summed E-state index contributed by atoms with van der Waals surface area (Å²) in [6.45, 7) is 2.47. The summed E-state index contributed by atoms with van der Waals surface area (Å²) in [4.78, 5) is 16.6. The molecule has 3 aromatic rings. The second-order valence-electron chi connectivity index (χ2n) is 7.61. The van der Waals surface area contributed by atoms with Crippen LogP contribution < -0.4 is 15.4 Å². The molecular formula is C20H16F6N4O3S2. The molecule has 0 radical (unpaired) electrons. The minimum Gasteiger partial charge on any atom is -0.308 e. The second kappa shape index (κ2) is 9.47. The Hall–Kier alpha value is -3.17. The van der Waals surface area contributed by atoms with Crippen molar-refractivity contribution in [2.45, 2.75) is 24.9 Å². The number of aromatic nitrogens is 1. The highest BCUT2D eigenvalue weighted by atomic mass is 32.2. The fourth-order valence-electron chi connectivity index (χ4n) is 2.75. The van der Waals surface area contributed by atoms with E-state index in [2.05, 4.69) is 10.3 Å². The van der Waals surface area contributed by atoms with Crippen LogP contribution >= 0.6 is 11.3 Å². The summed E-state index contributed by atoms with van der Waals surface area (Å²) in [6.07, 6.45) is 1.35. The molecule has 7 nitrogen and oxygen atoms in total. The summed E-state index contributed by atoms with van der Waals surface area (Å²) in [7, 11) is -5.60. The lowest BCUT2D eigenvalue weighted by molar-refractivity contribution is -0.0455. The normalized spacial score (nSPS) is 12.5. The molecule has 0 saturated heterocycles. The van der Waals surface area contributed by atoms with Crippen molar-refractivity contribution >= 4 is 38.8 Å². The summed E-state index contributed by atoms with van der Waals surface area (Å²) in [6, 6.07) is 5.83. The van der Waals surface area contributed by atoms with Crippen molar-refractivity contribution in [1.82, 2.24) is 9.71 Å². The molecular weight excluding hydrogens is 522 g/mol. The predicted octanol–water partition coefficient (Wildman–Crippen LogP) is 5.55. The van der Waals surface area contributed by atoms with Gasteiger partial charge in [0.15, 0.2) is 11.6 Å². The molecule has 0 spiro atoms. The number of sulfonamides is 1. The van der Waals surface area contributed by atoms with E-state index in [0.717, 1.165) is 11.3 Å². The molecule has 15 heteroatoms. The lowest BCUT2D eigenvalue weighted by Crippen LogP contribution is -2.46. The summed E-state index contributed by atoms with van der Waals surface area (Å²) >= 11 is 0.957. The number of urea groups is 1. The van der Waals surface area contributed by atoms with E-state index in [4.69, 9.17) is 0 Å². The predicted molar refractivity (Wildman–Crippen MR) is 118 cm³/mol. The Kier molecular flexibility index (Phi) is 7.15. The van der Waals surface area contributed by atoms with Gasteiger partial charge in [-0.1, -0.05) is 12.1 Å². The minimum absolute atomic E-state index is 0.0791. The fraction of sp³-hybridized carbons (Fsp3) is 0.200. The maximum Gasteiger partial charge on any atom is 0.511 e. The van der Waals surface area contributed by atoms with Crippen molar-refractivity contribution in [1.29, 1.82) is 0 Å². The van der Waals surface area contributed by atoms with E-state index in [9.17, 15) is 39.6 Å². The largest absolute Gasteiger partial charge is 0.511 e. The molecule has 2 amide bonds. The van der Waals surface area contributed by atoms with Crippen LogP contribution in [0.5, 0.6) is 0 Å². The molecule has 0 unspecified atom stereocenters. The molecule has 0 aliphatic rings. The number of anilines is 2. The first-order chi connectivity index (χ1) is 16.1. The van der Waals surface area contributed by atoms with Gasteiger partial charge in [-0.05, 0) is 31.5 Å². The van der Waals surface area contributed by atoms with Gasteiger partial charge in [0.2, 0.25) is 0 Å². The first-order valence-corrected chi connectivity index (χ1v) is 11.8. The van der Waals surface area contributed by atoms with Gasteiger partial charge in [-0.3, -0.25) is 0 Å². The van der Waals surface area contributed by atoms with E-state index >= 15 is 0 Å². The van der Waals surface area contributed by atoms with E-state index in [0.29, 0.717) is 22.6 Å². The Labute approximate surface area is 199 Å². The zero-order valence-electron chi connectivity index (χ0n) is 17.8. The highest BCUT2D eigenvalue weighted by Gasteiger charge is 2.49.